The van der Waals surface area contributed by atoms with Gasteiger partial charge in [-0.3, -0.25) is 4.79 Å². The Bertz CT molecular complexity index is 1200. The Morgan fingerprint density at radius 3 is 3.03 bits per heavy atom. The molecule has 0 aliphatic heterocycles. The summed E-state index contributed by atoms with van der Waals surface area (Å²) < 4.78 is 16.4. The second kappa shape index (κ2) is 7.76. The van der Waals surface area contributed by atoms with Crippen molar-refractivity contribution < 1.29 is 9.18 Å². The number of Topliss-reactive ketones (excluding diaryl/α,β-unsaturated/α-hetero) is 1. The molecule has 1 aliphatic rings. The number of carbonyl (C=O) groups excluding carboxylic acids is 1. The lowest BCUT2D eigenvalue weighted by atomic mass is 9.85. The van der Waals surface area contributed by atoms with Crippen LogP contribution in [0.4, 0.5) is 4.39 Å². The standard InChI is InChI=1S/C24H22FN3OS/c1-15(19-10-8-16-7-9-18(25)12-20(16)19)6-11-22(29)17-13-26-28(14-17)24-27-21-4-2-3-5-23(21)30-24/h2-5,7,9,12-15,19H,6,8,10-11H2,1H3. The zero-order valence-electron chi connectivity index (χ0n) is 16.7. The summed E-state index contributed by atoms with van der Waals surface area (Å²) in [6, 6.07) is 13.1. The number of nitrogens with zero attached hydrogens (tertiary/aromatic N) is 3. The second-order valence-electron chi connectivity index (χ2n) is 8.07. The largest absolute Gasteiger partial charge is 0.294 e. The quantitative estimate of drug-likeness (QED) is 0.363. The maximum absolute atomic E-state index is 13.7. The van der Waals surface area contributed by atoms with Gasteiger partial charge in [-0.25, -0.2) is 14.1 Å². The first-order chi connectivity index (χ1) is 14.6. The van der Waals surface area contributed by atoms with Crippen LogP contribution in [-0.4, -0.2) is 20.5 Å². The third-order valence-corrected chi connectivity index (χ3v) is 7.15. The number of ketones is 1. The van der Waals surface area contributed by atoms with E-state index in [0.717, 1.165) is 40.2 Å². The molecule has 4 aromatic rings. The lowest BCUT2D eigenvalue weighted by Crippen LogP contribution is -2.10. The van der Waals surface area contributed by atoms with Crippen LogP contribution in [0.25, 0.3) is 15.3 Å². The smallest absolute Gasteiger partial charge is 0.211 e. The van der Waals surface area contributed by atoms with Crippen molar-refractivity contribution in [3.63, 3.8) is 0 Å². The molecule has 30 heavy (non-hydrogen) atoms. The molecule has 0 saturated carbocycles. The molecule has 0 saturated heterocycles. The zero-order chi connectivity index (χ0) is 20.7. The van der Waals surface area contributed by atoms with Crippen LogP contribution in [0.15, 0.2) is 54.9 Å². The summed E-state index contributed by atoms with van der Waals surface area (Å²) in [6.07, 6.45) is 6.67. The van der Waals surface area contributed by atoms with Gasteiger partial charge in [-0.2, -0.15) is 5.10 Å². The number of carbonyl (C=O) groups is 1. The van der Waals surface area contributed by atoms with Crippen molar-refractivity contribution in [2.45, 2.75) is 38.5 Å². The summed E-state index contributed by atoms with van der Waals surface area (Å²) in [5.41, 5.74) is 3.91. The first-order valence-electron chi connectivity index (χ1n) is 10.3. The van der Waals surface area contributed by atoms with Gasteiger partial charge in [0.25, 0.3) is 0 Å². The summed E-state index contributed by atoms with van der Waals surface area (Å²) in [6.45, 7) is 2.17. The Morgan fingerprint density at radius 1 is 1.30 bits per heavy atom. The zero-order valence-corrected chi connectivity index (χ0v) is 17.5. The molecule has 6 heteroatoms. The molecule has 2 atom stereocenters. The predicted molar refractivity (Wildman–Crippen MR) is 117 cm³/mol. The average molecular weight is 420 g/mol. The van der Waals surface area contributed by atoms with Gasteiger partial charge in [-0.15, -0.1) is 0 Å². The molecule has 2 aromatic carbocycles. The Hall–Kier alpha value is -2.86. The fourth-order valence-corrected chi connectivity index (χ4v) is 5.33. The summed E-state index contributed by atoms with van der Waals surface area (Å²) in [4.78, 5) is 17.3. The van der Waals surface area contributed by atoms with Crippen LogP contribution in [0.5, 0.6) is 0 Å². The van der Waals surface area contributed by atoms with Gasteiger partial charge in [0.2, 0.25) is 5.13 Å². The molecule has 2 heterocycles. The van der Waals surface area contributed by atoms with E-state index in [0.29, 0.717) is 23.8 Å². The van der Waals surface area contributed by atoms with Gasteiger partial charge in [0.15, 0.2) is 5.78 Å². The highest BCUT2D eigenvalue weighted by molar-refractivity contribution is 7.20. The van der Waals surface area contributed by atoms with Crippen LogP contribution in [-0.2, 0) is 6.42 Å². The lowest BCUT2D eigenvalue weighted by molar-refractivity contribution is 0.0972. The minimum Gasteiger partial charge on any atom is -0.294 e. The third-order valence-electron chi connectivity index (χ3n) is 6.13. The molecule has 4 nitrogen and oxygen atoms in total. The molecule has 0 bridgehead atoms. The number of para-hydroxylation sites is 1. The van der Waals surface area contributed by atoms with Gasteiger partial charge in [0, 0.05) is 12.6 Å². The Balaban J connectivity index is 1.25. The van der Waals surface area contributed by atoms with Gasteiger partial charge in [-0.05, 0) is 66.5 Å². The fourth-order valence-electron chi connectivity index (χ4n) is 4.43. The van der Waals surface area contributed by atoms with Gasteiger partial charge < -0.3 is 0 Å². The van der Waals surface area contributed by atoms with Crippen molar-refractivity contribution in [3.05, 3.63) is 77.4 Å². The van der Waals surface area contributed by atoms with Gasteiger partial charge in [0.1, 0.15) is 5.82 Å². The molecular weight excluding hydrogens is 397 g/mol. The molecule has 1 aliphatic carbocycles. The summed E-state index contributed by atoms with van der Waals surface area (Å²) in [5.74, 6) is 0.572. The van der Waals surface area contributed by atoms with E-state index < -0.39 is 0 Å². The monoisotopic (exact) mass is 419 g/mol. The van der Waals surface area contributed by atoms with Crippen LogP contribution < -0.4 is 0 Å². The number of aromatic nitrogens is 3. The number of hydrogen-bond donors (Lipinski definition) is 0. The molecule has 0 radical (unpaired) electrons. The first-order valence-corrected chi connectivity index (χ1v) is 11.1. The highest BCUT2D eigenvalue weighted by Crippen LogP contribution is 2.40. The topological polar surface area (TPSA) is 47.8 Å². The van der Waals surface area contributed by atoms with E-state index in [4.69, 9.17) is 0 Å². The minimum atomic E-state index is -0.175. The molecule has 0 spiro atoms. The van der Waals surface area contributed by atoms with Crippen molar-refractivity contribution in [1.29, 1.82) is 0 Å². The van der Waals surface area contributed by atoms with Crippen molar-refractivity contribution in [2.75, 3.05) is 0 Å². The van der Waals surface area contributed by atoms with Crippen LogP contribution in [0.2, 0.25) is 0 Å². The van der Waals surface area contributed by atoms with Gasteiger partial charge in [-0.1, -0.05) is 36.5 Å². The van der Waals surface area contributed by atoms with Gasteiger partial charge in [0.05, 0.1) is 22.0 Å². The normalized spacial score (nSPS) is 16.7. The number of benzene rings is 2. The molecule has 152 valence electrons. The SMILES string of the molecule is CC(CCC(=O)c1cnn(-c2nc3ccccc3s2)c1)C1CCc2ccc(F)cc21. The molecule has 0 amide bonds. The highest BCUT2D eigenvalue weighted by Gasteiger charge is 2.28. The Morgan fingerprint density at radius 2 is 2.17 bits per heavy atom. The van der Waals surface area contributed by atoms with E-state index in [1.54, 1.807) is 40.5 Å². The van der Waals surface area contributed by atoms with Crippen molar-refractivity contribution >= 4 is 27.3 Å². The van der Waals surface area contributed by atoms with Crippen LogP contribution >= 0.6 is 11.3 Å². The number of fused-ring (bicyclic) bond motifs is 2. The highest BCUT2D eigenvalue weighted by atomic mass is 32.1. The molecule has 5 rings (SSSR count). The van der Waals surface area contributed by atoms with E-state index in [1.165, 1.54) is 5.56 Å². The first kappa shape index (κ1) is 19.1. The number of rotatable bonds is 6. The van der Waals surface area contributed by atoms with E-state index in [1.807, 2.05) is 30.3 Å². The predicted octanol–water partition coefficient (Wildman–Crippen LogP) is 5.95. The van der Waals surface area contributed by atoms with Crippen molar-refractivity contribution in [1.82, 2.24) is 14.8 Å². The van der Waals surface area contributed by atoms with Crippen LogP contribution in [0, 0.1) is 11.7 Å². The fraction of sp³-hybridized carbons (Fsp3) is 0.292. The molecule has 0 fully saturated rings. The Labute approximate surface area is 178 Å². The number of hydrogen-bond acceptors (Lipinski definition) is 4. The maximum Gasteiger partial charge on any atom is 0.211 e. The molecule has 2 unspecified atom stereocenters. The second-order valence-corrected chi connectivity index (χ2v) is 9.07. The van der Waals surface area contributed by atoms with E-state index >= 15 is 0 Å². The van der Waals surface area contributed by atoms with E-state index in [2.05, 4.69) is 17.0 Å². The van der Waals surface area contributed by atoms with E-state index in [9.17, 15) is 9.18 Å². The lowest BCUT2D eigenvalue weighted by Gasteiger charge is -2.20. The average Bonchev–Trinajstić information content (AvgIpc) is 3.48. The molecular formula is C24H22FN3OS. The number of thiazole rings is 1. The minimum absolute atomic E-state index is 0.0895. The number of halogens is 1. The van der Waals surface area contributed by atoms with Crippen LogP contribution in [0.3, 0.4) is 0 Å². The van der Waals surface area contributed by atoms with Gasteiger partial charge >= 0.3 is 0 Å². The summed E-state index contributed by atoms with van der Waals surface area (Å²) >= 11 is 1.55. The molecule has 0 N–H and O–H groups in total. The summed E-state index contributed by atoms with van der Waals surface area (Å²) in [7, 11) is 0. The van der Waals surface area contributed by atoms with Crippen LogP contribution in [0.1, 0.15) is 53.6 Å². The summed E-state index contributed by atoms with van der Waals surface area (Å²) in [5, 5.41) is 5.11. The van der Waals surface area contributed by atoms with E-state index in [-0.39, 0.29) is 11.6 Å². The maximum atomic E-state index is 13.7. The molecule has 2 aromatic heterocycles. The third kappa shape index (κ3) is 3.56. The van der Waals surface area contributed by atoms with Crippen molar-refractivity contribution in [2.24, 2.45) is 5.92 Å². The Kier molecular flexibility index (Phi) is 4.95. The van der Waals surface area contributed by atoms with Crippen molar-refractivity contribution in [3.8, 4) is 5.13 Å². The number of aryl methyl sites for hydroxylation is 1.